The van der Waals surface area contributed by atoms with Gasteiger partial charge in [-0.1, -0.05) is 0 Å². The Labute approximate surface area is 372 Å². The van der Waals surface area contributed by atoms with Crippen LogP contribution >= 0.6 is 0 Å². The quantitative estimate of drug-likeness (QED) is 0.0884. The molecular weight excluding hydrogens is 873 g/mol. The molecule has 0 spiro atoms. The maximum Gasteiger partial charge on any atom is 0.261 e. The molecule has 2 aromatic rings. The molecule has 63 heavy (non-hydrogen) atoms. The lowest BCUT2D eigenvalue weighted by molar-refractivity contribution is -0.138. The van der Waals surface area contributed by atoms with Gasteiger partial charge in [-0.05, 0) is 139 Å². The van der Waals surface area contributed by atoms with E-state index in [1.54, 1.807) is 24.3 Å². The standard InChI is InChI=1S/C44H58N4O11Si4/c1-60(2,25-9-21-45-37(49)17-18-38(45)50)58-62(5,6)27-11-23-47-41(53)33-15-13-31(29-35(33)43(47)55)57-32-14-16-34-36(30-32)44(56)48(42(34)54)24-12-28-63(7,8)59-61(3,4)26-10-22-46-39(51)19-20-40(46)52/h13-20,29-30H,9-12,21-28H2,1-8H3. The summed E-state index contributed by atoms with van der Waals surface area (Å²) in [5.41, 5.74) is 1.04. The van der Waals surface area contributed by atoms with E-state index in [1.165, 1.54) is 56.0 Å². The van der Waals surface area contributed by atoms with Gasteiger partial charge in [0.2, 0.25) is 0 Å². The minimum atomic E-state index is -2.18. The van der Waals surface area contributed by atoms with Crippen molar-refractivity contribution in [3.05, 3.63) is 83.0 Å². The summed E-state index contributed by atoms with van der Waals surface area (Å²) in [4.78, 5) is 106. The van der Waals surface area contributed by atoms with Crippen LogP contribution in [0.25, 0.3) is 0 Å². The molecule has 0 aromatic heterocycles. The van der Waals surface area contributed by atoms with Gasteiger partial charge in [0.15, 0.2) is 33.3 Å². The Bertz CT molecular complexity index is 2110. The summed E-state index contributed by atoms with van der Waals surface area (Å²) in [7, 11) is -8.61. The van der Waals surface area contributed by atoms with Crippen molar-refractivity contribution >= 4 is 80.5 Å². The van der Waals surface area contributed by atoms with Gasteiger partial charge in [-0.15, -0.1) is 0 Å². The number of rotatable bonds is 22. The van der Waals surface area contributed by atoms with E-state index < -0.39 is 45.1 Å². The summed E-state index contributed by atoms with van der Waals surface area (Å²) >= 11 is 0. The van der Waals surface area contributed by atoms with Gasteiger partial charge in [0.25, 0.3) is 47.3 Å². The van der Waals surface area contributed by atoms with E-state index in [0.717, 1.165) is 24.2 Å². The highest BCUT2D eigenvalue weighted by Crippen LogP contribution is 2.34. The Morgan fingerprint density at radius 3 is 0.952 bits per heavy atom. The van der Waals surface area contributed by atoms with Gasteiger partial charge in [0, 0.05) is 50.5 Å². The zero-order valence-corrected chi connectivity index (χ0v) is 41.5. The first-order chi connectivity index (χ1) is 29.5. The van der Waals surface area contributed by atoms with Gasteiger partial charge in [0.1, 0.15) is 11.5 Å². The van der Waals surface area contributed by atoms with Gasteiger partial charge >= 0.3 is 0 Å². The number of benzene rings is 2. The topological polar surface area (TPSA) is 177 Å². The third-order valence-corrected chi connectivity index (χ3v) is 26.7. The molecule has 0 radical (unpaired) electrons. The number of carbonyl (C=O) groups excluding carboxylic acids is 8. The molecule has 0 bridgehead atoms. The van der Waals surface area contributed by atoms with Crippen molar-refractivity contribution < 1.29 is 51.3 Å². The highest BCUT2D eigenvalue weighted by atomic mass is 28.4. The molecule has 0 unspecified atom stereocenters. The second-order valence-corrected chi connectivity index (χ2v) is 36.7. The second kappa shape index (κ2) is 18.7. The average molecular weight is 931 g/mol. The molecule has 0 fully saturated rings. The van der Waals surface area contributed by atoms with Crippen molar-refractivity contribution in [3.63, 3.8) is 0 Å². The van der Waals surface area contributed by atoms with E-state index in [2.05, 4.69) is 52.4 Å². The molecule has 4 heterocycles. The summed E-state index contributed by atoms with van der Waals surface area (Å²) in [6, 6.07) is 12.5. The number of imide groups is 4. The Morgan fingerprint density at radius 1 is 0.381 bits per heavy atom. The van der Waals surface area contributed by atoms with Crippen molar-refractivity contribution in [1.82, 2.24) is 19.6 Å². The van der Waals surface area contributed by atoms with Crippen LogP contribution in [0, 0.1) is 0 Å². The summed E-state index contributed by atoms with van der Waals surface area (Å²) in [5, 5.41) is 0. The molecule has 2 aromatic carbocycles. The van der Waals surface area contributed by atoms with Crippen LogP contribution in [0.15, 0.2) is 60.7 Å². The molecule has 6 rings (SSSR count). The van der Waals surface area contributed by atoms with Crippen LogP contribution in [-0.2, 0) is 27.4 Å². The van der Waals surface area contributed by atoms with Crippen molar-refractivity contribution in [2.24, 2.45) is 0 Å². The number of hydrogen-bond donors (Lipinski definition) is 0. The second-order valence-electron chi connectivity index (χ2n) is 19.0. The number of ether oxygens (including phenoxy) is 1. The largest absolute Gasteiger partial charge is 0.457 e. The van der Waals surface area contributed by atoms with Crippen molar-refractivity contribution in [1.29, 1.82) is 0 Å². The predicted molar refractivity (Wildman–Crippen MR) is 245 cm³/mol. The lowest BCUT2D eigenvalue weighted by atomic mass is 10.1. The Hall–Kier alpha value is -4.93. The van der Waals surface area contributed by atoms with Gasteiger partial charge < -0.3 is 13.0 Å². The number of fused-ring (bicyclic) bond motifs is 2. The highest BCUT2D eigenvalue weighted by Gasteiger charge is 2.40. The van der Waals surface area contributed by atoms with Crippen molar-refractivity contribution in [3.8, 4) is 11.5 Å². The monoisotopic (exact) mass is 930 g/mol. The average Bonchev–Trinajstić information content (AvgIpc) is 3.84. The van der Waals surface area contributed by atoms with E-state index in [1.807, 2.05) is 0 Å². The predicted octanol–water partition coefficient (Wildman–Crippen LogP) is 6.93. The van der Waals surface area contributed by atoms with E-state index in [-0.39, 0.29) is 70.8 Å². The number of hydrogen-bond acceptors (Lipinski definition) is 11. The van der Waals surface area contributed by atoms with Gasteiger partial charge in [-0.2, -0.15) is 0 Å². The smallest absolute Gasteiger partial charge is 0.261 e. The molecule has 0 saturated carbocycles. The van der Waals surface area contributed by atoms with Crippen LogP contribution in [0.4, 0.5) is 0 Å². The molecule has 0 aliphatic carbocycles. The molecule has 19 heteroatoms. The van der Waals surface area contributed by atoms with Crippen molar-refractivity contribution in [2.45, 2.75) is 102 Å². The minimum absolute atomic E-state index is 0.233. The van der Waals surface area contributed by atoms with E-state index in [0.29, 0.717) is 50.3 Å². The minimum Gasteiger partial charge on any atom is -0.457 e. The molecule has 4 aliphatic rings. The number of carbonyl (C=O) groups is 8. The van der Waals surface area contributed by atoms with Gasteiger partial charge in [0.05, 0.1) is 22.3 Å². The van der Waals surface area contributed by atoms with E-state index >= 15 is 0 Å². The van der Waals surface area contributed by atoms with E-state index in [9.17, 15) is 38.4 Å². The first-order valence-corrected chi connectivity index (χ1v) is 34.1. The third kappa shape index (κ3) is 11.4. The Morgan fingerprint density at radius 2 is 0.651 bits per heavy atom. The van der Waals surface area contributed by atoms with Gasteiger partial charge in [-0.3, -0.25) is 58.0 Å². The SMILES string of the molecule is C[Si](C)(CCCN1C(=O)C=CC1=O)O[Si](C)(C)CCCN1C(=O)c2ccc(Oc3ccc4c(c3)C(=O)N(CCC[Si](C)(C)O[Si](C)(C)CCCN3C(=O)C=CC3=O)C4=O)cc2C1=O. The molecule has 8 amide bonds. The van der Waals surface area contributed by atoms with Gasteiger partial charge in [-0.25, -0.2) is 0 Å². The molecule has 4 aliphatic heterocycles. The summed E-state index contributed by atoms with van der Waals surface area (Å²) in [5.74, 6) is -2.07. The lowest BCUT2D eigenvalue weighted by Crippen LogP contribution is -2.45. The van der Waals surface area contributed by atoms with Crippen LogP contribution in [0.5, 0.6) is 11.5 Å². The van der Waals surface area contributed by atoms with Crippen molar-refractivity contribution in [2.75, 3.05) is 26.2 Å². The maximum atomic E-state index is 13.5. The number of nitrogens with zero attached hydrogens (tertiary/aromatic N) is 4. The summed E-state index contributed by atoms with van der Waals surface area (Å²) < 4.78 is 19.5. The fourth-order valence-electron chi connectivity index (χ4n) is 8.86. The van der Waals surface area contributed by atoms with Crippen LogP contribution in [0.1, 0.15) is 67.1 Å². The van der Waals surface area contributed by atoms with Crippen LogP contribution in [0.3, 0.4) is 0 Å². The zero-order valence-electron chi connectivity index (χ0n) is 37.5. The molecular formula is C44H58N4O11Si4. The maximum absolute atomic E-state index is 13.5. The molecule has 0 saturated heterocycles. The molecule has 336 valence electrons. The van der Waals surface area contributed by atoms with E-state index in [4.69, 9.17) is 13.0 Å². The van der Waals surface area contributed by atoms with Crippen LogP contribution in [0.2, 0.25) is 76.6 Å². The van der Waals surface area contributed by atoms with Crippen LogP contribution in [-0.4, -0.2) is 126 Å². The Kier molecular flexibility index (Phi) is 14.1. The first kappa shape index (κ1) is 47.5. The lowest BCUT2D eigenvalue weighted by Gasteiger charge is -2.34. The Balaban J connectivity index is 0.965. The first-order valence-electron chi connectivity index (χ1n) is 21.6. The molecule has 0 N–H and O–H groups in total. The fraction of sp³-hybridized carbons (Fsp3) is 0.455. The molecule has 15 nitrogen and oxygen atoms in total. The highest BCUT2D eigenvalue weighted by molar-refractivity contribution is 6.85. The third-order valence-electron chi connectivity index (χ3n) is 11.7. The number of amides is 8. The van der Waals surface area contributed by atoms with Crippen LogP contribution < -0.4 is 4.74 Å². The summed E-state index contributed by atoms with van der Waals surface area (Å²) in [6.45, 7) is 18.3. The zero-order chi connectivity index (χ0) is 46.1. The molecule has 0 atom stereocenters. The fourth-order valence-corrected chi connectivity index (χ4v) is 26.5. The normalized spacial score (nSPS) is 16.8. The summed E-state index contributed by atoms with van der Waals surface area (Å²) in [6.07, 6.45) is 7.67.